The Kier molecular flexibility index (Phi) is 8.08. The molecular formula is C33H39N7O5. The number of amides is 1. The summed E-state index contributed by atoms with van der Waals surface area (Å²) in [6.07, 6.45) is 7.68. The van der Waals surface area contributed by atoms with Gasteiger partial charge in [-0.05, 0) is 77.1 Å². The van der Waals surface area contributed by atoms with Crippen molar-refractivity contribution in [2.75, 3.05) is 25.6 Å². The molecule has 12 nitrogen and oxygen atoms in total. The van der Waals surface area contributed by atoms with Crippen molar-refractivity contribution in [3.05, 3.63) is 70.5 Å². The van der Waals surface area contributed by atoms with Crippen LogP contribution in [0.25, 0.3) is 22.2 Å². The van der Waals surface area contributed by atoms with Crippen molar-refractivity contribution in [1.29, 1.82) is 0 Å². The predicted octanol–water partition coefficient (Wildman–Crippen LogP) is 6.27. The van der Waals surface area contributed by atoms with Gasteiger partial charge in [-0.3, -0.25) is 10.1 Å². The number of nitrogens with zero attached hydrogens (tertiary/aromatic N) is 4. The Labute approximate surface area is 261 Å². The molecule has 45 heavy (non-hydrogen) atoms. The van der Waals surface area contributed by atoms with Crippen LogP contribution in [0.3, 0.4) is 0 Å². The molecule has 1 amide bonds. The zero-order chi connectivity index (χ0) is 31.8. The standard InChI is InChI=1S/C33H39N7O5/c1-32(2,3)38-31(41)45-13-7-11-34-19-22-14-29(44-4)26(15-28(22)40(42)43)37-30-35-12-10-25(36-30)24-20-39(33-16-21(17-33)18-33)27-9-6-5-8-23(24)27/h5-6,8-10,12,14-15,20-21,34H,7,11,13,16-19H2,1-4H3,(H,38,41)(H,35,36,37). The van der Waals surface area contributed by atoms with E-state index in [2.05, 4.69) is 49.9 Å². The Morgan fingerprint density at radius 2 is 1.96 bits per heavy atom. The second-order valence-corrected chi connectivity index (χ2v) is 13.0. The summed E-state index contributed by atoms with van der Waals surface area (Å²) in [5, 5.41) is 22.2. The number of nitro groups is 1. The first kappa shape index (κ1) is 30.3. The van der Waals surface area contributed by atoms with Crippen LogP contribution < -0.4 is 20.7 Å². The lowest BCUT2D eigenvalue weighted by Crippen LogP contribution is -2.58. The zero-order valence-corrected chi connectivity index (χ0v) is 26.1. The average Bonchev–Trinajstić information content (AvgIpc) is 3.32. The third-order valence-electron chi connectivity index (χ3n) is 8.53. The summed E-state index contributed by atoms with van der Waals surface area (Å²) in [7, 11) is 1.51. The van der Waals surface area contributed by atoms with Crippen molar-refractivity contribution in [3.63, 3.8) is 0 Å². The molecule has 0 atom stereocenters. The predicted molar refractivity (Wildman–Crippen MR) is 172 cm³/mol. The lowest BCUT2D eigenvalue weighted by molar-refractivity contribution is -0.385. The lowest BCUT2D eigenvalue weighted by Gasteiger charge is -2.62. The number of carbonyl (C=O) groups is 1. The fourth-order valence-electron chi connectivity index (χ4n) is 6.31. The lowest BCUT2D eigenvalue weighted by atomic mass is 9.49. The normalized spacial score (nSPS) is 18.5. The van der Waals surface area contributed by atoms with Gasteiger partial charge in [-0.2, -0.15) is 0 Å². The summed E-state index contributed by atoms with van der Waals surface area (Å²) in [4.78, 5) is 32.6. The molecule has 12 heteroatoms. The maximum absolute atomic E-state index is 12.0. The van der Waals surface area contributed by atoms with E-state index in [1.807, 2.05) is 32.9 Å². The summed E-state index contributed by atoms with van der Waals surface area (Å²) in [5.74, 6) is 1.59. The highest BCUT2D eigenvalue weighted by Crippen LogP contribution is 2.63. The number of carbonyl (C=O) groups excluding carboxylic acids is 1. The molecule has 0 saturated heterocycles. The van der Waals surface area contributed by atoms with Gasteiger partial charge >= 0.3 is 6.09 Å². The van der Waals surface area contributed by atoms with E-state index in [1.165, 1.54) is 38.0 Å². The van der Waals surface area contributed by atoms with Gasteiger partial charge in [0, 0.05) is 58.1 Å². The first-order valence-corrected chi connectivity index (χ1v) is 15.3. The van der Waals surface area contributed by atoms with E-state index in [-0.39, 0.29) is 29.9 Å². The van der Waals surface area contributed by atoms with Crippen LogP contribution in [0.15, 0.2) is 54.9 Å². The van der Waals surface area contributed by atoms with E-state index in [1.54, 1.807) is 12.3 Å². The van der Waals surface area contributed by atoms with Gasteiger partial charge < -0.3 is 30.0 Å². The largest absolute Gasteiger partial charge is 0.495 e. The summed E-state index contributed by atoms with van der Waals surface area (Å²) >= 11 is 0. The van der Waals surface area contributed by atoms with E-state index in [0.717, 1.165) is 22.6 Å². The molecule has 0 radical (unpaired) electrons. The highest BCUT2D eigenvalue weighted by molar-refractivity contribution is 5.95. The first-order valence-electron chi connectivity index (χ1n) is 15.3. The Bertz CT molecular complexity index is 1730. The van der Waals surface area contributed by atoms with Crippen molar-refractivity contribution >= 4 is 34.3 Å². The van der Waals surface area contributed by atoms with E-state index in [0.29, 0.717) is 35.9 Å². The molecular weight excluding hydrogens is 574 g/mol. The first-order chi connectivity index (χ1) is 21.5. The van der Waals surface area contributed by atoms with Crippen LogP contribution in [-0.2, 0) is 16.8 Å². The van der Waals surface area contributed by atoms with Crippen molar-refractivity contribution in [1.82, 2.24) is 25.2 Å². The van der Waals surface area contributed by atoms with Gasteiger partial charge in [-0.1, -0.05) is 18.2 Å². The molecule has 3 fully saturated rings. The zero-order valence-electron chi connectivity index (χ0n) is 26.1. The molecule has 2 heterocycles. The van der Waals surface area contributed by atoms with Gasteiger partial charge in [0.25, 0.3) is 5.69 Å². The summed E-state index contributed by atoms with van der Waals surface area (Å²) < 4.78 is 13.2. The monoisotopic (exact) mass is 613 g/mol. The minimum atomic E-state index is -0.475. The average molecular weight is 614 g/mol. The molecule has 236 valence electrons. The minimum absolute atomic E-state index is 0.0654. The number of hydrogen-bond acceptors (Lipinski definition) is 9. The van der Waals surface area contributed by atoms with Crippen molar-refractivity contribution in [2.24, 2.45) is 5.92 Å². The number of alkyl carbamates (subject to hydrolysis) is 1. The maximum atomic E-state index is 12.0. The Hall–Kier alpha value is -4.71. The molecule has 2 aromatic carbocycles. The van der Waals surface area contributed by atoms with Crippen LogP contribution in [0.2, 0.25) is 0 Å². The number of methoxy groups -OCH3 is 1. The summed E-state index contributed by atoms with van der Waals surface area (Å²) in [6, 6.07) is 13.4. The highest BCUT2D eigenvalue weighted by Gasteiger charge is 2.58. The molecule has 2 aromatic heterocycles. The number of aromatic nitrogens is 3. The summed E-state index contributed by atoms with van der Waals surface area (Å²) in [6.45, 7) is 6.59. The van der Waals surface area contributed by atoms with Crippen LogP contribution >= 0.6 is 0 Å². The van der Waals surface area contributed by atoms with E-state index < -0.39 is 11.0 Å². The fraction of sp³-hybridized carbons (Fsp3) is 0.424. The van der Waals surface area contributed by atoms with Gasteiger partial charge in [0.05, 0.1) is 30.0 Å². The fourth-order valence-corrected chi connectivity index (χ4v) is 6.31. The smallest absolute Gasteiger partial charge is 0.407 e. The molecule has 3 aliphatic rings. The van der Waals surface area contributed by atoms with Crippen LogP contribution in [0, 0.1) is 16.0 Å². The number of ether oxygens (including phenoxy) is 2. The third-order valence-corrected chi connectivity index (χ3v) is 8.53. The van der Waals surface area contributed by atoms with Crippen LogP contribution in [-0.4, -0.2) is 51.4 Å². The topological polar surface area (TPSA) is 145 Å². The van der Waals surface area contributed by atoms with Crippen LogP contribution in [0.4, 0.5) is 22.1 Å². The third kappa shape index (κ3) is 6.28. The molecule has 3 N–H and O–H groups in total. The number of hydrogen-bond donors (Lipinski definition) is 3. The van der Waals surface area contributed by atoms with E-state index >= 15 is 0 Å². The molecule has 3 saturated carbocycles. The van der Waals surface area contributed by atoms with Crippen molar-refractivity contribution in [3.8, 4) is 17.0 Å². The van der Waals surface area contributed by atoms with Gasteiger partial charge in [-0.25, -0.2) is 14.8 Å². The quantitative estimate of drug-likeness (QED) is 0.0956. The second kappa shape index (κ2) is 12.0. The maximum Gasteiger partial charge on any atom is 0.407 e. The van der Waals surface area contributed by atoms with Crippen molar-refractivity contribution in [2.45, 2.75) is 64.1 Å². The van der Waals surface area contributed by atoms with Gasteiger partial charge in [0.2, 0.25) is 5.95 Å². The van der Waals surface area contributed by atoms with Crippen molar-refractivity contribution < 1.29 is 19.2 Å². The highest BCUT2D eigenvalue weighted by atomic mass is 16.6. The molecule has 0 unspecified atom stereocenters. The van der Waals surface area contributed by atoms with Crippen LogP contribution in [0.5, 0.6) is 5.75 Å². The number of anilines is 2. The number of benzene rings is 2. The van der Waals surface area contributed by atoms with E-state index in [9.17, 15) is 14.9 Å². The second-order valence-electron chi connectivity index (χ2n) is 13.0. The Balaban J connectivity index is 1.16. The number of rotatable bonds is 12. The molecule has 2 bridgehead atoms. The Morgan fingerprint density at radius 3 is 2.64 bits per heavy atom. The summed E-state index contributed by atoms with van der Waals surface area (Å²) in [5.41, 5.74) is 3.65. The van der Waals surface area contributed by atoms with Crippen LogP contribution in [0.1, 0.15) is 52.0 Å². The molecule has 7 rings (SSSR count). The Morgan fingerprint density at radius 1 is 1.18 bits per heavy atom. The number of para-hydroxylation sites is 1. The van der Waals surface area contributed by atoms with E-state index in [4.69, 9.17) is 14.5 Å². The molecule has 4 aromatic rings. The SMILES string of the molecule is COc1cc(CNCCCOC(=O)NC(C)(C)C)c([N+](=O)[O-])cc1Nc1nccc(-c2cn(C34CC(C3)C4)c3ccccc23)n1. The number of fused-ring (bicyclic) bond motifs is 1. The van der Waals surface area contributed by atoms with Gasteiger partial charge in [0.15, 0.2) is 0 Å². The van der Waals surface area contributed by atoms with Gasteiger partial charge in [0.1, 0.15) is 5.75 Å². The minimum Gasteiger partial charge on any atom is -0.495 e. The van der Waals surface area contributed by atoms with Gasteiger partial charge in [-0.15, -0.1) is 0 Å². The molecule has 0 aliphatic heterocycles. The molecule has 0 spiro atoms. The number of nitro benzene ring substituents is 1. The molecule has 3 aliphatic carbocycles. The number of nitrogens with one attached hydrogen (secondary N) is 3.